The van der Waals surface area contributed by atoms with Gasteiger partial charge in [0.25, 0.3) is 0 Å². The molecule has 0 heteroatoms. The van der Waals surface area contributed by atoms with Gasteiger partial charge in [0.1, 0.15) is 0 Å². The Kier molecular flexibility index (Phi) is 3.13. The Bertz CT molecular complexity index is 243. The van der Waals surface area contributed by atoms with Crippen LogP contribution in [-0.2, 0) is 0 Å². The SMILES string of the molecule is C=CC1(C)C=CC=C(CC(C)C)C1. The van der Waals surface area contributed by atoms with E-state index in [-0.39, 0.29) is 5.41 Å². The average Bonchev–Trinajstić information content (AvgIpc) is 2.03. The van der Waals surface area contributed by atoms with Gasteiger partial charge in [-0.05, 0) is 18.8 Å². The van der Waals surface area contributed by atoms with Crippen LogP contribution in [0.25, 0.3) is 0 Å². The van der Waals surface area contributed by atoms with E-state index in [1.165, 1.54) is 6.42 Å². The maximum Gasteiger partial charge on any atom is 0.00703 e. The summed E-state index contributed by atoms with van der Waals surface area (Å²) in [5.74, 6) is 0.756. The van der Waals surface area contributed by atoms with E-state index in [0.29, 0.717) is 0 Å². The molecule has 0 radical (unpaired) electrons. The molecule has 1 aliphatic carbocycles. The summed E-state index contributed by atoms with van der Waals surface area (Å²) in [7, 11) is 0. The summed E-state index contributed by atoms with van der Waals surface area (Å²) >= 11 is 0. The Labute approximate surface area is 82.0 Å². The van der Waals surface area contributed by atoms with Crippen LogP contribution >= 0.6 is 0 Å². The minimum atomic E-state index is 0.193. The van der Waals surface area contributed by atoms with Crippen molar-refractivity contribution in [2.75, 3.05) is 0 Å². The number of hydrogen-bond acceptors (Lipinski definition) is 0. The third-order valence-electron chi connectivity index (χ3n) is 2.55. The molecule has 0 aromatic rings. The van der Waals surface area contributed by atoms with E-state index in [9.17, 15) is 0 Å². The molecule has 0 aliphatic heterocycles. The van der Waals surface area contributed by atoms with Gasteiger partial charge in [0, 0.05) is 5.41 Å². The number of hydrogen-bond donors (Lipinski definition) is 0. The largest absolute Gasteiger partial charge is 0.102 e. The zero-order valence-corrected chi connectivity index (χ0v) is 9.01. The van der Waals surface area contributed by atoms with Gasteiger partial charge in [0.15, 0.2) is 0 Å². The first-order chi connectivity index (χ1) is 6.06. The van der Waals surface area contributed by atoms with Crippen molar-refractivity contribution < 1.29 is 0 Å². The van der Waals surface area contributed by atoms with Gasteiger partial charge in [-0.3, -0.25) is 0 Å². The van der Waals surface area contributed by atoms with E-state index in [0.717, 1.165) is 12.3 Å². The van der Waals surface area contributed by atoms with Crippen LogP contribution in [0.5, 0.6) is 0 Å². The van der Waals surface area contributed by atoms with Crippen molar-refractivity contribution in [2.24, 2.45) is 11.3 Å². The van der Waals surface area contributed by atoms with Gasteiger partial charge in [-0.15, -0.1) is 6.58 Å². The lowest BCUT2D eigenvalue weighted by Crippen LogP contribution is -2.13. The van der Waals surface area contributed by atoms with E-state index in [1.54, 1.807) is 5.57 Å². The first-order valence-corrected chi connectivity index (χ1v) is 5.06. The average molecular weight is 176 g/mol. The van der Waals surface area contributed by atoms with Crippen LogP contribution in [0.15, 0.2) is 36.5 Å². The highest BCUT2D eigenvalue weighted by atomic mass is 14.2. The van der Waals surface area contributed by atoms with Crippen LogP contribution in [0.3, 0.4) is 0 Å². The Balaban J connectivity index is 2.66. The molecule has 0 nitrogen and oxygen atoms in total. The van der Waals surface area contributed by atoms with Gasteiger partial charge in [0.2, 0.25) is 0 Å². The number of rotatable bonds is 3. The third-order valence-corrected chi connectivity index (χ3v) is 2.55. The Morgan fingerprint density at radius 1 is 1.62 bits per heavy atom. The first-order valence-electron chi connectivity index (χ1n) is 5.06. The Morgan fingerprint density at radius 2 is 2.31 bits per heavy atom. The molecule has 0 saturated heterocycles. The van der Waals surface area contributed by atoms with Crippen LogP contribution in [0.2, 0.25) is 0 Å². The first kappa shape index (κ1) is 10.3. The van der Waals surface area contributed by atoms with Gasteiger partial charge < -0.3 is 0 Å². The molecule has 0 bridgehead atoms. The monoisotopic (exact) mass is 176 g/mol. The molecular formula is C13H20. The molecule has 1 unspecified atom stereocenters. The molecule has 72 valence electrons. The van der Waals surface area contributed by atoms with E-state index in [2.05, 4.69) is 51.7 Å². The molecule has 13 heavy (non-hydrogen) atoms. The Hall–Kier alpha value is -0.780. The second kappa shape index (κ2) is 3.95. The van der Waals surface area contributed by atoms with Crippen molar-refractivity contribution in [3.8, 4) is 0 Å². The molecule has 0 aromatic carbocycles. The van der Waals surface area contributed by atoms with Crippen molar-refractivity contribution in [3.63, 3.8) is 0 Å². The molecule has 1 rings (SSSR count). The van der Waals surface area contributed by atoms with Crippen molar-refractivity contribution in [3.05, 3.63) is 36.5 Å². The van der Waals surface area contributed by atoms with Gasteiger partial charge in [-0.2, -0.15) is 0 Å². The molecule has 0 fully saturated rings. The summed E-state index contributed by atoms with van der Waals surface area (Å²) in [5, 5.41) is 0. The highest BCUT2D eigenvalue weighted by Crippen LogP contribution is 2.34. The predicted molar refractivity (Wildman–Crippen MR) is 59.6 cm³/mol. The van der Waals surface area contributed by atoms with Crippen molar-refractivity contribution in [1.29, 1.82) is 0 Å². The molecule has 0 spiro atoms. The van der Waals surface area contributed by atoms with Crippen LogP contribution in [0, 0.1) is 11.3 Å². The van der Waals surface area contributed by atoms with Crippen LogP contribution in [0.4, 0.5) is 0 Å². The molecule has 0 amide bonds. The lowest BCUT2D eigenvalue weighted by atomic mass is 9.78. The summed E-state index contributed by atoms with van der Waals surface area (Å²) in [6, 6.07) is 0. The summed E-state index contributed by atoms with van der Waals surface area (Å²) in [6.45, 7) is 10.7. The fraction of sp³-hybridized carbons (Fsp3) is 0.538. The second-order valence-corrected chi connectivity index (χ2v) is 4.67. The molecule has 1 atom stereocenters. The maximum absolute atomic E-state index is 3.89. The van der Waals surface area contributed by atoms with Crippen molar-refractivity contribution in [1.82, 2.24) is 0 Å². The third kappa shape index (κ3) is 2.87. The van der Waals surface area contributed by atoms with Gasteiger partial charge in [-0.1, -0.05) is 50.6 Å². The highest BCUT2D eigenvalue weighted by molar-refractivity contribution is 5.26. The topological polar surface area (TPSA) is 0 Å². The maximum atomic E-state index is 3.89. The van der Waals surface area contributed by atoms with E-state index >= 15 is 0 Å². The number of allylic oxidation sites excluding steroid dienone is 5. The molecule has 0 saturated carbocycles. The lowest BCUT2D eigenvalue weighted by molar-refractivity contribution is 0.506. The van der Waals surface area contributed by atoms with Gasteiger partial charge in [0.05, 0.1) is 0 Å². The fourth-order valence-electron chi connectivity index (χ4n) is 1.82. The second-order valence-electron chi connectivity index (χ2n) is 4.67. The smallest absolute Gasteiger partial charge is 0.00703 e. The lowest BCUT2D eigenvalue weighted by Gasteiger charge is -2.26. The summed E-state index contributed by atoms with van der Waals surface area (Å²) in [4.78, 5) is 0. The minimum absolute atomic E-state index is 0.193. The van der Waals surface area contributed by atoms with Crippen LogP contribution in [0.1, 0.15) is 33.6 Å². The van der Waals surface area contributed by atoms with E-state index < -0.39 is 0 Å². The standard InChI is InChI=1S/C13H20/c1-5-13(4)8-6-7-12(10-13)9-11(2)3/h5-8,11H,1,9-10H2,2-4H3. The van der Waals surface area contributed by atoms with Crippen LogP contribution in [-0.4, -0.2) is 0 Å². The van der Waals surface area contributed by atoms with Crippen molar-refractivity contribution >= 4 is 0 Å². The minimum Gasteiger partial charge on any atom is -0.102 e. The summed E-state index contributed by atoms with van der Waals surface area (Å²) in [5.41, 5.74) is 1.75. The van der Waals surface area contributed by atoms with E-state index in [4.69, 9.17) is 0 Å². The molecule has 0 heterocycles. The zero-order valence-electron chi connectivity index (χ0n) is 9.01. The highest BCUT2D eigenvalue weighted by Gasteiger charge is 2.20. The molecule has 1 aliphatic rings. The zero-order chi connectivity index (χ0) is 9.90. The fourth-order valence-corrected chi connectivity index (χ4v) is 1.82. The summed E-state index contributed by atoms with van der Waals surface area (Å²) in [6.07, 6.45) is 11.1. The quantitative estimate of drug-likeness (QED) is 0.568. The molecule has 0 N–H and O–H groups in total. The summed E-state index contributed by atoms with van der Waals surface area (Å²) < 4.78 is 0. The predicted octanol–water partition coefficient (Wildman–Crippen LogP) is 4.11. The van der Waals surface area contributed by atoms with Gasteiger partial charge in [-0.25, -0.2) is 0 Å². The normalized spacial score (nSPS) is 27.5. The Morgan fingerprint density at radius 3 is 2.85 bits per heavy atom. The van der Waals surface area contributed by atoms with Crippen LogP contribution < -0.4 is 0 Å². The molecular weight excluding hydrogens is 156 g/mol. The van der Waals surface area contributed by atoms with E-state index in [1.807, 2.05) is 0 Å². The van der Waals surface area contributed by atoms with Crippen molar-refractivity contribution in [2.45, 2.75) is 33.6 Å². The molecule has 0 aromatic heterocycles. The van der Waals surface area contributed by atoms with Gasteiger partial charge >= 0.3 is 0 Å².